The highest BCUT2D eigenvalue weighted by molar-refractivity contribution is 5.46. The van der Waals surface area contributed by atoms with E-state index in [4.69, 9.17) is 9.47 Å². The van der Waals surface area contributed by atoms with Gasteiger partial charge in [0.1, 0.15) is 18.1 Å². The van der Waals surface area contributed by atoms with E-state index in [9.17, 15) is 5.11 Å². The second-order valence-electron chi connectivity index (χ2n) is 6.65. The summed E-state index contributed by atoms with van der Waals surface area (Å²) < 4.78 is 11.3. The van der Waals surface area contributed by atoms with Gasteiger partial charge in [-0.3, -0.25) is 0 Å². The molecule has 0 amide bonds. The minimum Gasteiger partial charge on any atom is -0.453 e. The van der Waals surface area contributed by atoms with E-state index in [0.29, 0.717) is 5.92 Å². The van der Waals surface area contributed by atoms with Crippen LogP contribution in [0.5, 0.6) is 0 Å². The number of allylic oxidation sites excluding steroid dienone is 1. The molecule has 1 heterocycles. The molecular formula is C19H24O3. The minimum absolute atomic E-state index is 0.103. The lowest BCUT2D eigenvalue weighted by Gasteiger charge is -2.36. The van der Waals surface area contributed by atoms with Crippen molar-refractivity contribution in [2.45, 2.75) is 46.0 Å². The third-order valence-corrected chi connectivity index (χ3v) is 5.72. The summed E-state index contributed by atoms with van der Waals surface area (Å²) in [6.07, 6.45) is 3.10. The van der Waals surface area contributed by atoms with Gasteiger partial charge in [-0.1, -0.05) is 43.7 Å². The molecule has 3 unspecified atom stereocenters. The molecule has 3 nitrogen and oxygen atoms in total. The van der Waals surface area contributed by atoms with Gasteiger partial charge in [0.2, 0.25) is 0 Å². The van der Waals surface area contributed by atoms with E-state index < -0.39 is 11.4 Å². The first-order valence-electron chi connectivity index (χ1n) is 7.83. The number of ether oxygens (including phenoxy) is 2. The van der Waals surface area contributed by atoms with Crippen molar-refractivity contribution in [1.29, 1.82) is 0 Å². The summed E-state index contributed by atoms with van der Waals surface area (Å²) in [5, 5.41) is 11.6. The molecule has 22 heavy (non-hydrogen) atoms. The fourth-order valence-corrected chi connectivity index (χ4v) is 3.85. The van der Waals surface area contributed by atoms with Crippen molar-refractivity contribution in [2.75, 3.05) is 0 Å². The molecule has 0 fully saturated rings. The van der Waals surface area contributed by atoms with Crippen LogP contribution in [-0.2, 0) is 20.9 Å². The van der Waals surface area contributed by atoms with Gasteiger partial charge in [-0.25, -0.2) is 0 Å². The van der Waals surface area contributed by atoms with Crippen LogP contribution < -0.4 is 0 Å². The van der Waals surface area contributed by atoms with Crippen molar-refractivity contribution >= 4 is 0 Å². The zero-order valence-electron chi connectivity index (χ0n) is 13.9. The number of benzene rings is 1. The number of aliphatic hydroxyl groups is 1. The van der Waals surface area contributed by atoms with E-state index in [2.05, 4.69) is 20.8 Å². The summed E-state index contributed by atoms with van der Waals surface area (Å²) >= 11 is 0. The molecule has 3 rings (SSSR count). The zero-order chi connectivity index (χ0) is 16.1. The molecular weight excluding hydrogens is 276 g/mol. The smallest absolute Gasteiger partial charge is 0.274 e. The molecule has 0 saturated carbocycles. The Morgan fingerprint density at radius 2 is 1.55 bits per heavy atom. The summed E-state index contributed by atoms with van der Waals surface area (Å²) in [5.74, 6) is -0.437. The van der Waals surface area contributed by atoms with Gasteiger partial charge < -0.3 is 14.6 Å². The van der Waals surface area contributed by atoms with Gasteiger partial charge in [-0.05, 0) is 36.8 Å². The normalized spacial score (nSPS) is 33.0. The summed E-state index contributed by atoms with van der Waals surface area (Å²) in [5.41, 5.74) is 3.06. The molecule has 3 atom stereocenters. The van der Waals surface area contributed by atoms with Crippen LogP contribution in [0.15, 0.2) is 47.9 Å². The maximum atomic E-state index is 11.6. The monoisotopic (exact) mass is 300 g/mol. The highest BCUT2D eigenvalue weighted by atomic mass is 16.7. The van der Waals surface area contributed by atoms with Gasteiger partial charge in [0.25, 0.3) is 5.79 Å². The number of hydrogen-bond donors (Lipinski definition) is 1. The lowest BCUT2D eigenvalue weighted by atomic mass is 9.76. The molecule has 0 saturated heterocycles. The fourth-order valence-electron chi connectivity index (χ4n) is 3.85. The van der Waals surface area contributed by atoms with Crippen LogP contribution in [0.1, 0.15) is 45.7 Å². The van der Waals surface area contributed by atoms with E-state index >= 15 is 0 Å². The molecule has 1 aromatic carbocycles. The van der Waals surface area contributed by atoms with Crippen LogP contribution in [0, 0.1) is 11.8 Å². The topological polar surface area (TPSA) is 38.7 Å². The first-order chi connectivity index (χ1) is 10.3. The molecule has 3 heteroatoms. The van der Waals surface area contributed by atoms with E-state index in [0.717, 1.165) is 16.7 Å². The lowest BCUT2D eigenvalue weighted by molar-refractivity contribution is -0.136. The van der Waals surface area contributed by atoms with Gasteiger partial charge in [0.05, 0.1) is 0 Å². The average Bonchev–Trinajstić information content (AvgIpc) is 3.03. The van der Waals surface area contributed by atoms with E-state index in [1.54, 1.807) is 12.5 Å². The Morgan fingerprint density at radius 3 is 2.05 bits per heavy atom. The second-order valence-corrected chi connectivity index (χ2v) is 6.65. The molecule has 0 bridgehead atoms. The third kappa shape index (κ3) is 1.85. The maximum absolute atomic E-state index is 11.6. The molecule has 0 aromatic heterocycles. The lowest BCUT2D eigenvalue weighted by Crippen LogP contribution is -2.37. The van der Waals surface area contributed by atoms with Gasteiger partial charge >= 0.3 is 0 Å². The number of hydrogen-bond acceptors (Lipinski definition) is 3. The Balaban J connectivity index is 2.18. The molecule has 0 radical (unpaired) electrons. The van der Waals surface area contributed by atoms with Gasteiger partial charge in [0.15, 0.2) is 0 Å². The molecule has 2 aliphatic rings. The molecule has 1 aliphatic carbocycles. The predicted molar refractivity (Wildman–Crippen MR) is 85.7 cm³/mol. The van der Waals surface area contributed by atoms with Crippen molar-refractivity contribution in [1.82, 2.24) is 0 Å². The predicted octanol–water partition coefficient (Wildman–Crippen LogP) is 4.19. The maximum Gasteiger partial charge on any atom is 0.274 e. The molecule has 1 aliphatic heterocycles. The van der Waals surface area contributed by atoms with E-state index in [1.807, 2.05) is 38.1 Å². The summed E-state index contributed by atoms with van der Waals surface area (Å²) in [6.45, 7) is 10.3. The Kier molecular flexibility index (Phi) is 3.37. The van der Waals surface area contributed by atoms with Crippen LogP contribution in [-0.4, -0.2) is 5.11 Å². The average molecular weight is 300 g/mol. The summed E-state index contributed by atoms with van der Waals surface area (Å²) in [7, 11) is 0. The van der Waals surface area contributed by atoms with Crippen LogP contribution >= 0.6 is 0 Å². The van der Waals surface area contributed by atoms with Gasteiger partial charge in [-0.15, -0.1) is 0 Å². The minimum atomic E-state index is -0.988. The highest BCUT2D eigenvalue weighted by Gasteiger charge is 2.50. The largest absolute Gasteiger partial charge is 0.453 e. The van der Waals surface area contributed by atoms with E-state index in [-0.39, 0.29) is 5.92 Å². The molecule has 1 aromatic rings. The van der Waals surface area contributed by atoms with Gasteiger partial charge in [0, 0.05) is 12.5 Å². The van der Waals surface area contributed by atoms with Crippen LogP contribution in [0.4, 0.5) is 0 Å². The molecule has 118 valence electrons. The van der Waals surface area contributed by atoms with Crippen molar-refractivity contribution in [3.05, 3.63) is 59.1 Å². The Bertz CT molecular complexity index is 650. The van der Waals surface area contributed by atoms with E-state index in [1.165, 1.54) is 5.57 Å². The molecule has 1 N–H and O–H groups in total. The van der Waals surface area contributed by atoms with Crippen LogP contribution in [0.25, 0.3) is 0 Å². The molecule has 0 spiro atoms. The second kappa shape index (κ2) is 4.88. The van der Waals surface area contributed by atoms with Crippen molar-refractivity contribution in [3.8, 4) is 0 Å². The third-order valence-electron chi connectivity index (χ3n) is 5.72. The first-order valence-corrected chi connectivity index (χ1v) is 7.83. The fraction of sp³-hybridized carbons (Fsp3) is 0.474. The first kappa shape index (κ1) is 15.2. The van der Waals surface area contributed by atoms with Crippen molar-refractivity contribution in [2.24, 2.45) is 11.8 Å². The Morgan fingerprint density at radius 1 is 1.00 bits per heavy atom. The summed E-state index contributed by atoms with van der Waals surface area (Å²) in [6, 6.07) is 7.86. The standard InChI is InChI=1S/C19H24O3/c1-12-13(2)15(4)19(20,14(12)3)17-9-7-6-8-16(17)18(5)21-10-11-22-18/h6-12,14,20H,1-5H3. The SMILES string of the molecule is CC1=C(C)C(O)(c2ccccc2C2(C)OC=CO2)C(C)C1C. The Hall–Kier alpha value is -1.74. The zero-order valence-corrected chi connectivity index (χ0v) is 13.9. The highest BCUT2D eigenvalue weighted by Crippen LogP contribution is 2.52. The van der Waals surface area contributed by atoms with Crippen molar-refractivity contribution < 1.29 is 14.6 Å². The van der Waals surface area contributed by atoms with Crippen LogP contribution in [0.3, 0.4) is 0 Å². The quantitative estimate of drug-likeness (QED) is 0.832. The van der Waals surface area contributed by atoms with Gasteiger partial charge in [-0.2, -0.15) is 0 Å². The summed E-state index contributed by atoms with van der Waals surface area (Å²) in [4.78, 5) is 0. The van der Waals surface area contributed by atoms with Crippen LogP contribution in [0.2, 0.25) is 0 Å². The Labute approximate surface area is 132 Å². The number of rotatable bonds is 2. The van der Waals surface area contributed by atoms with Crippen molar-refractivity contribution in [3.63, 3.8) is 0 Å².